The van der Waals surface area contributed by atoms with Crippen LogP contribution in [0.25, 0.3) is 5.69 Å². The summed E-state index contributed by atoms with van der Waals surface area (Å²) in [5.74, 6) is 0.753. The first-order valence-corrected chi connectivity index (χ1v) is 8.58. The number of methoxy groups -OCH3 is 1. The minimum Gasteiger partial charge on any atom is -0.495 e. The van der Waals surface area contributed by atoms with Gasteiger partial charge in [-0.15, -0.1) is 0 Å². The zero-order valence-corrected chi connectivity index (χ0v) is 14.5. The fraction of sp³-hybridized carbons (Fsp3) is 0.200. The monoisotopic (exact) mass is 348 g/mol. The highest BCUT2D eigenvalue weighted by atomic mass is 16.5. The Morgan fingerprint density at radius 3 is 2.62 bits per heavy atom. The summed E-state index contributed by atoms with van der Waals surface area (Å²) in [4.78, 5) is 14.7. The first-order chi connectivity index (χ1) is 12.8. The number of carbonyl (C=O) groups is 1. The molecule has 1 aliphatic rings. The molecule has 2 aromatic carbocycles. The Labute approximate surface area is 152 Å². The van der Waals surface area contributed by atoms with Crippen molar-refractivity contribution in [3.63, 3.8) is 0 Å². The maximum Gasteiger partial charge on any atom is 0.249 e. The van der Waals surface area contributed by atoms with Crippen LogP contribution in [0.15, 0.2) is 67.0 Å². The lowest BCUT2D eigenvalue weighted by atomic mass is 10.2. The van der Waals surface area contributed by atoms with Gasteiger partial charge < -0.3 is 15.0 Å². The van der Waals surface area contributed by atoms with Crippen LogP contribution in [0, 0.1) is 0 Å². The topological polar surface area (TPSA) is 59.4 Å². The third-order valence-corrected chi connectivity index (χ3v) is 4.57. The van der Waals surface area contributed by atoms with Crippen molar-refractivity contribution in [1.29, 1.82) is 0 Å². The molecule has 3 aromatic rings. The Morgan fingerprint density at radius 2 is 1.85 bits per heavy atom. The molecule has 1 aromatic heterocycles. The van der Waals surface area contributed by atoms with E-state index in [1.54, 1.807) is 22.9 Å². The molecule has 2 heterocycles. The second kappa shape index (κ2) is 6.92. The van der Waals surface area contributed by atoms with Crippen molar-refractivity contribution in [2.75, 3.05) is 23.9 Å². The van der Waals surface area contributed by atoms with E-state index in [0.717, 1.165) is 23.5 Å². The number of carbonyl (C=O) groups excluding carboxylic acids is 1. The zero-order chi connectivity index (χ0) is 17.9. The number of benzene rings is 2. The summed E-state index contributed by atoms with van der Waals surface area (Å²) in [5, 5.41) is 7.68. The van der Waals surface area contributed by atoms with E-state index in [1.807, 2.05) is 60.8 Å². The summed E-state index contributed by atoms with van der Waals surface area (Å²) in [6.45, 7) is 0.654. The number of nitrogens with zero attached hydrogens (tertiary/aromatic N) is 3. The highest BCUT2D eigenvalue weighted by Gasteiger charge is 2.34. The van der Waals surface area contributed by atoms with Gasteiger partial charge in [-0.25, -0.2) is 4.68 Å². The largest absolute Gasteiger partial charge is 0.495 e. The highest BCUT2D eigenvalue weighted by molar-refractivity contribution is 6.02. The van der Waals surface area contributed by atoms with Crippen molar-refractivity contribution in [2.24, 2.45) is 0 Å². The summed E-state index contributed by atoms with van der Waals surface area (Å²) in [6, 6.07) is 17.1. The number of anilines is 2. The van der Waals surface area contributed by atoms with Gasteiger partial charge in [0.2, 0.25) is 5.91 Å². The summed E-state index contributed by atoms with van der Waals surface area (Å²) >= 11 is 0. The molecule has 26 heavy (non-hydrogen) atoms. The number of hydrogen-bond acceptors (Lipinski definition) is 4. The van der Waals surface area contributed by atoms with Crippen LogP contribution in [0.4, 0.5) is 11.4 Å². The van der Waals surface area contributed by atoms with Gasteiger partial charge in [0.1, 0.15) is 11.8 Å². The molecule has 6 heteroatoms. The Kier molecular flexibility index (Phi) is 4.31. The van der Waals surface area contributed by atoms with Gasteiger partial charge in [0.15, 0.2) is 0 Å². The molecule has 1 amide bonds. The number of ether oxygens (including phenoxy) is 1. The molecule has 1 fully saturated rings. The average Bonchev–Trinajstić information content (AvgIpc) is 3.33. The van der Waals surface area contributed by atoms with Gasteiger partial charge >= 0.3 is 0 Å². The van der Waals surface area contributed by atoms with E-state index in [-0.39, 0.29) is 11.9 Å². The second-order valence-electron chi connectivity index (χ2n) is 6.12. The number of nitrogens with one attached hydrogen (secondary N) is 1. The minimum absolute atomic E-state index is 0.0461. The molecule has 6 nitrogen and oxygen atoms in total. The number of para-hydroxylation sites is 4. The second-order valence-corrected chi connectivity index (χ2v) is 6.12. The molecule has 0 bridgehead atoms. The molecule has 0 saturated carbocycles. The Morgan fingerprint density at radius 1 is 1.08 bits per heavy atom. The number of hydrogen-bond donors (Lipinski definition) is 1. The lowest BCUT2D eigenvalue weighted by Crippen LogP contribution is -2.33. The van der Waals surface area contributed by atoms with Crippen molar-refractivity contribution < 1.29 is 9.53 Å². The molecule has 4 rings (SSSR count). The maximum absolute atomic E-state index is 13.0. The summed E-state index contributed by atoms with van der Waals surface area (Å²) in [7, 11) is 1.62. The molecule has 132 valence electrons. The third kappa shape index (κ3) is 2.90. The van der Waals surface area contributed by atoms with Crippen molar-refractivity contribution in [2.45, 2.75) is 12.5 Å². The van der Waals surface area contributed by atoms with Gasteiger partial charge in [-0.05, 0) is 36.8 Å². The third-order valence-electron chi connectivity index (χ3n) is 4.57. The maximum atomic E-state index is 13.0. The van der Waals surface area contributed by atoms with Gasteiger partial charge in [-0.2, -0.15) is 5.10 Å². The lowest BCUT2D eigenvalue weighted by molar-refractivity contribution is -0.117. The number of rotatable bonds is 5. The number of aromatic nitrogens is 2. The Hall–Kier alpha value is -3.28. The smallest absolute Gasteiger partial charge is 0.249 e. The van der Waals surface area contributed by atoms with Gasteiger partial charge in [0, 0.05) is 18.9 Å². The molecule has 1 unspecified atom stereocenters. The molecule has 0 radical (unpaired) electrons. The molecule has 0 spiro atoms. The van der Waals surface area contributed by atoms with Gasteiger partial charge in [0.25, 0.3) is 0 Å². The fourth-order valence-electron chi connectivity index (χ4n) is 3.30. The first kappa shape index (κ1) is 16.2. The van der Waals surface area contributed by atoms with Gasteiger partial charge in [-0.3, -0.25) is 4.79 Å². The van der Waals surface area contributed by atoms with Crippen molar-refractivity contribution in [3.05, 3.63) is 67.0 Å². The van der Waals surface area contributed by atoms with Crippen LogP contribution < -0.4 is 15.0 Å². The van der Waals surface area contributed by atoms with Crippen LogP contribution in [0.1, 0.15) is 6.42 Å². The van der Waals surface area contributed by atoms with E-state index < -0.39 is 0 Å². The average molecular weight is 348 g/mol. The summed E-state index contributed by atoms with van der Waals surface area (Å²) < 4.78 is 7.19. The standard InChI is InChI=1S/C20H20N4O2/c1-26-19-10-5-4-9-18(19)23-14-11-16(20(23)25)22-15-7-2-3-8-17(15)24-13-6-12-21-24/h2-10,12-13,16,22H,11,14H2,1H3. The van der Waals surface area contributed by atoms with Crippen molar-refractivity contribution in [1.82, 2.24) is 9.78 Å². The molecule has 1 N–H and O–H groups in total. The van der Waals surface area contributed by atoms with E-state index >= 15 is 0 Å². The molecular weight excluding hydrogens is 328 g/mol. The molecule has 1 saturated heterocycles. The predicted molar refractivity (Wildman–Crippen MR) is 101 cm³/mol. The van der Waals surface area contributed by atoms with Crippen LogP contribution in [0.2, 0.25) is 0 Å². The van der Waals surface area contributed by atoms with E-state index in [0.29, 0.717) is 12.3 Å². The van der Waals surface area contributed by atoms with E-state index in [9.17, 15) is 4.79 Å². The first-order valence-electron chi connectivity index (χ1n) is 8.58. The van der Waals surface area contributed by atoms with E-state index in [4.69, 9.17) is 4.74 Å². The minimum atomic E-state index is -0.281. The van der Waals surface area contributed by atoms with Crippen LogP contribution in [-0.4, -0.2) is 35.4 Å². The fourth-order valence-corrected chi connectivity index (χ4v) is 3.30. The quantitative estimate of drug-likeness (QED) is 0.770. The van der Waals surface area contributed by atoms with E-state index in [2.05, 4.69) is 10.4 Å². The van der Waals surface area contributed by atoms with Gasteiger partial charge in [-0.1, -0.05) is 24.3 Å². The lowest BCUT2D eigenvalue weighted by Gasteiger charge is -2.20. The molecular formula is C20H20N4O2. The molecule has 1 atom stereocenters. The van der Waals surface area contributed by atoms with Crippen LogP contribution in [0.5, 0.6) is 5.75 Å². The SMILES string of the molecule is COc1ccccc1N1CCC(Nc2ccccc2-n2cccn2)C1=O. The normalized spacial score (nSPS) is 16.7. The van der Waals surface area contributed by atoms with Crippen LogP contribution >= 0.6 is 0 Å². The van der Waals surface area contributed by atoms with Gasteiger partial charge in [0.05, 0.1) is 24.2 Å². The van der Waals surface area contributed by atoms with Crippen LogP contribution in [-0.2, 0) is 4.79 Å². The zero-order valence-electron chi connectivity index (χ0n) is 14.5. The van der Waals surface area contributed by atoms with E-state index in [1.165, 1.54) is 0 Å². The highest BCUT2D eigenvalue weighted by Crippen LogP contribution is 2.32. The van der Waals surface area contributed by atoms with Crippen molar-refractivity contribution in [3.8, 4) is 11.4 Å². The Balaban J connectivity index is 1.57. The summed E-state index contributed by atoms with van der Waals surface area (Å²) in [6.07, 6.45) is 4.35. The number of amides is 1. The molecule has 1 aliphatic heterocycles. The Bertz CT molecular complexity index is 908. The molecule has 0 aliphatic carbocycles. The van der Waals surface area contributed by atoms with Crippen molar-refractivity contribution >= 4 is 17.3 Å². The summed E-state index contributed by atoms with van der Waals surface area (Å²) in [5.41, 5.74) is 2.61. The van der Waals surface area contributed by atoms with Crippen LogP contribution in [0.3, 0.4) is 0 Å². The predicted octanol–water partition coefficient (Wildman–Crippen LogP) is 3.10.